The summed E-state index contributed by atoms with van der Waals surface area (Å²) >= 11 is 0. The lowest BCUT2D eigenvalue weighted by atomic mass is 10.1. The van der Waals surface area contributed by atoms with Crippen molar-refractivity contribution in [1.82, 2.24) is 14.5 Å². The van der Waals surface area contributed by atoms with Gasteiger partial charge in [-0.25, -0.2) is 4.98 Å². The minimum atomic E-state index is -4.42. The van der Waals surface area contributed by atoms with Crippen molar-refractivity contribution in [2.24, 2.45) is 0 Å². The zero-order valence-corrected chi connectivity index (χ0v) is 15.9. The van der Waals surface area contributed by atoms with Gasteiger partial charge in [0.2, 0.25) is 0 Å². The van der Waals surface area contributed by atoms with Gasteiger partial charge in [-0.05, 0) is 50.5 Å². The topological polar surface area (TPSA) is 41.4 Å². The summed E-state index contributed by atoms with van der Waals surface area (Å²) in [4.78, 5) is 21.4. The first-order valence-corrected chi connectivity index (χ1v) is 8.72. The highest BCUT2D eigenvalue weighted by molar-refractivity contribution is 5.90. The third-order valence-corrected chi connectivity index (χ3v) is 4.53. The number of hydrogen-bond acceptors (Lipinski definition) is 4. The predicted octanol–water partition coefficient (Wildman–Crippen LogP) is 3.40. The summed E-state index contributed by atoms with van der Waals surface area (Å²) < 4.78 is 39.5. The van der Waals surface area contributed by atoms with E-state index in [1.807, 2.05) is 32.1 Å². The molecule has 1 heterocycles. The molecule has 0 aliphatic heterocycles. The summed E-state index contributed by atoms with van der Waals surface area (Å²) in [5.41, 5.74) is 0.641. The molecule has 0 bridgehead atoms. The van der Waals surface area contributed by atoms with Crippen LogP contribution in [0.2, 0.25) is 0 Å². The SMILES string of the molecule is CN(C)CCN(C)c1cccc2c(=O)n(-c3ccc(C(F)(F)F)cc3)cnc12. The Kier molecular flexibility index (Phi) is 5.42. The quantitative estimate of drug-likeness (QED) is 0.670. The molecule has 3 rings (SSSR count). The number of nitrogens with zero attached hydrogens (tertiary/aromatic N) is 4. The van der Waals surface area contributed by atoms with Gasteiger partial charge >= 0.3 is 6.18 Å². The molecule has 0 aliphatic carbocycles. The number of fused-ring (bicyclic) bond motifs is 1. The van der Waals surface area contributed by atoms with Crippen LogP contribution in [0.15, 0.2) is 53.6 Å². The second-order valence-electron chi connectivity index (χ2n) is 6.86. The molecule has 0 spiro atoms. The van der Waals surface area contributed by atoms with Crippen LogP contribution in [0.5, 0.6) is 0 Å². The van der Waals surface area contributed by atoms with Crippen LogP contribution in [0.3, 0.4) is 0 Å². The number of likely N-dealkylation sites (N-methyl/N-ethyl adjacent to an activating group) is 2. The lowest BCUT2D eigenvalue weighted by Gasteiger charge is -2.22. The van der Waals surface area contributed by atoms with Crippen molar-refractivity contribution in [2.45, 2.75) is 6.18 Å². The molecule has 0 amide bonds. The Bertz CT molecular complexity index is 1030. The van der Waals surface area contributed by atoms with E-state index in [9.17, 15) is 18.0 Å². The minimum absolute atomic E-state index is 0.326. The number of benzene rings is 2. The molecule has 148 valence electrons. The van der Waals surface area contributed by atoms with Crippen molar-refractivity contribution in [3.05, 3.63) is 64.7 Å². The molecule has 0 fully saturated rings. The number of rotatable bonds is 5. The van der Waals surface area contributed by atoms with Crippen LogP contribution in [-0.2, 0) is 6.18 Å². The first-order valence-electron chi connectivity index (χ1n) is 8.72. The predicted molar refractivity (Wildman–Crippen MR) is 104 cm³/mol. The Labute approximate surface area is 160 Å². The van der Waals surface area contributed by atoms with Crippen molar-refractivity contribution >= 4 is 16.6 Å². The number of alkyl halides is 3. The van der Waals surface area contributed by atoms with Crippen LogP contribution in [0.1, 0.15) is 5.56 Å². The lowest BCUT2D eigenvalue weighted by Crippen LogP contribution is -2.29. The van der Waals surface area contributed by atoms with E-state index in [-0.39, 0.29) is 5.56 Å². The number of anilines is 1. The van der Waals surface area contributed by atoms with Gasteiger partial charge in [0.15, 0.2) is 0 Å². The molecular formula is C20H21F3N4O. The summed E-state index contributed by atoms with van der Waals surface area (Å²) in [5.74, 6) is 0. The van der Waals surface area contributed by atoms with Crippen LogP contribution >= 0.6 is 0 Å². The van der Waals surface area contributed by atoms with Gasteiger partial charge < -0.3 is 9.80 Å². The van der Waals surface area contributed by atoms with Crippen LogP contribution in [0, 0.1) is 0 Å². The Morgan fingerprint density at radius 1 is 1.00 bits per heavy atom. The lowest BCUT2D eigenvalue weighted by molar-refractivity contribution is -0.137. The van der Waals surface area contributed by atoms with Gasteiger partial charge in [-0.15, -0.1) is 0 Å². The van der Waals surface area contributed by atoms with Crippen molar-refractivity contribution in [3.63, 3.8) is 0 Å². The zero-order valence-electron chi connectivity index (χ0n) is 15.9. The van der Waals surface area contributed by atoms with Gasteiger partial charge in [-0.3, -0.25) is 9.36 Å². The van der Waals surface area contributed by atoms with Crippen molar-refractivity contribution in [3.8, 4) is 5.69 Å². The molecule has 8 heteroatoms. The van der Waals surface area contributed by atoms with Gasteiger partial charge in [-0.1, -0.05) is 6.07 Å². The molecule has 5 nitrogen and oxygen atoms in total. The van der Waals surface area contributed by atoms with E-state index in [0.717, 1.165) is 30.9 Å². The van der Waals surface area contributed by atoms with Crippen molar-refractivity contribution < 1.29 is 13.2 Å². The van der Waals surface area contributed by atoms with Crippen LogP contribution in [-0.4, -0.2) is 48.7 Å². The van der Waals surface area contributed by atoms with Gasteiger partial charge in [-0.2, -0.15) is 13.2 Å². The average Bonchev–Trinajstić information content (AvgIpc) is 2.65. The van der Waals surface area contributed by atoms with E-state index < -0.39 is 11.7 Å². The maximum absolute atomic E-state index is 12.9. The molecule has 0 radical (unpaired) electrons. The molecular weight excluding hydrogens is 369 g/mol. The molecule has 1 aromatic heterocycles. The summed E-state index contributed by atoms with van der Waals surface area (Å²) in [6, 6.07) is 9.80. The average molecular weight is 390 g/mol. The van der Waals surface area contributed by atoms with E-state index >= 15 is 0 Å². The molecule has 0 saturated heterocycles. The third kappa shape index (κ3) is 4.01. The molecule has 3 aromatic rings. The molecule has 0 atom stereocenters. The van der Waals surface area contributed by atoms with Crippen LogP contribution in [0.25, 0.3) is 16.6 Å². The highest BCUT2D eigenvalue weighted by atomic mass is 19.4. The van der Waals surface area contributed by atoms with Gasteiger partial charge in [0.1, 0.15) is 11.8 Å². The van der Waals surface area contributed by atoms with Crippen LogP contribution < -0.4 is 10.5 Å². The number of halogens is 3. The molecule has 0 aliphatic rings. The Morgan fingerprint density at radius 3 is 2.29 bits per heavy atom. The van der Waals surface area contributed by atoms with Gasteiger partial charge in [0.25, 0.3) is 5.56 Å². The molecule has 0 unspecified atom stereocenters. The zero-order chi connectivity index (χ0) is 20.5. The first-order chi connectivity index (χ1) is 13.2. The Balaban J connectivity index is 2.01. The number of aromatic nitrogens is 2. The number of hydrogen-bond donors (Lipinski definition) is 0. The maximum atomic E-state index is 12.9. The number of para-hydroxylation sites is 1. The normalized spacial score (nSPS) is 12.0. The molecule has 2 aromatic carbocycles. The third-order valence-electron chi connectivity index (χ3n) is 4.53. The molecule has 28 heavy (non-hydrogen) atoms. The standard InChI is InChI=1S/C20H21F3N4O/c1-25(2)11-12-26(3)17-6-4-5-16-18(17)24-13-27(19(16)28)15-9-7-14(8-10-15)20(21,22)23/h4-10,13H,11-12H2,1-3H3. The second-order valence-corrected chi connectivity index (χ2v) is 6.86. The highest BCUT2D eigenvalue weighted by Crippen LogP contribution is 2.29. The second kappa shape index (κ2) is 7.63. The monoisotopic (exact) mass is 390 g/mol. The summed E-state index contributed by atoms with van der Waals surface area (Å²) in [5, 5.41) is 0.414. The fourth-order valence-corrected chi connectivity index (χ4v) is 2.91. The van der Waals surface area contributed by atoms with Gasteiger partial charge in [0.05, 0.1) is 22.3 Å². The van der Waals surface area contributed by atoms with E-state index in [0.29, 0.717) is 16.6 Å². The Hall–Kier alpha value is -2.87. The summed E-state index contributed by atoms with van der Waals surface area (Å²) in [6.07, 6.45) is -3.06. The molecule has 0 saturated carbocycles. The fourth-order valence-electron chi connectivity index (χ4n) is 2.91. The van der Waals surface area contributed by atoms with E-state index in [1.54, 1.807) is 12.1 Å². The molecule has 0 N–H and O–H groups in total. The van der Waals surface area contributed by atoms with E-state index in [2.05, 4.69) is 9.88 Å². The minimum Gasteiger partial charge on any atom is -0.372 e. The van der Waals surface area contributed by atoms with Crippen molar-refractivity contribution in [2.75, 3.05) is 39.1 Å². The van der Waals surface area contributed by atoms with Crippen LogP contribution in [0.4, 0.5) is 18.9 Å². The first kappa shape index (κ1) is 19.9. The summed E-state index contributed by atoms with van der Waals surface area (Å²) in [6.45, 7) is 1.60. The fraction of sp³-hybridized carbons (Fsp3) is 0.300. The van der Waals surface area contributed by atoms with Gasteiger partial charge in [0, 0.05) is 20.1 Å². The highest BCUT2D eigenvalue weighted by Gasteiger charge is 2.30. The summed E-state index contributed by atoms with van der Waals surface area (Å²) in [7, 11) is 5.90. The maximum Gasteiger partial charge on any atom is 0.416 e. The largest absolute Gasteiger partial charge is 0.416 e. The Morgan fingerprint density at radius 2 is 1.68 bits per heavy atom. The van der Waals surface area contributed by atoms with E-state index in [1.165, 1.54) is 23.0 Å². The smallest absolute Gasteiger partial charge is 0.372 e. The van der Waals surface area contributed by atoms with Crippen molar-refractivity contribution in [1.29, 1.82) is 0 Å². The van der Waals surface area contributed by atoms with E-state index in [4.69, 9.17) is 0 Å².